The van der Waals surface area contributed by atoms with Crippen LogP contribution in [0.5, 0.6) is 5.75 Å². The second-order valence-corrected chi connectivity index (χ2v) is 5.19. The molecular formula is C15H21N3O. The van der Waals surface area contributed by atoms with Crippen molar-refractivity contribution >= 4 is 0 Å². The Hall–Kier alpha value is -1.81. The van der Waals surface area contributed by atoms with Crippen molar-refractivity contribution in [3.8, 4) is 17.0 Å². The Morgan fingerprint density at radius 2 is 1.95 bits per heavy atom. The highest BCUT2D eigenvalue weighted by molar-refractivity contribution is 5.59. The Labute approximate surface area is 114 Å². The van der Waals surface area contributed by atoms with Crippen molar-refractivity contribution in [3.05, 3.63) is 36.3 Å². The molecule has 4 nitrogen and oxygen atoms in total. The van der Waals surface area contributed by atoms with Gasteiger partial charge in [0.25, 0.3) is 0 Å². The van der Waals surface area contributed by atoms with Gasteiger partial charge in [0, 0.05) is 12.0 Å². The first kappa shape index (κ1) is 13.6. The van der Waals surface area contributed by atoms with Crippen LogP contribution < -0.4 is 10.5 Å². The average Bonchev–Trinajstić information content (AvgIpc) is 2.90. The van der Waals surface area contributed by atoms with Gasteiger partial charge in [0.1, 0.15) is 11.6 Å². The van der Waals surface area contributed by atoms with E-state index in [1.165, 1.54) is 0 Å². The van der Waals surface area contributed by atoms with Gasteiger partial charge in [-0.15, -0.1) is 0 Å². The summed E-state index contributed by atoms with van der Waals surface area (Å²) in [6.45, 7) is 7.37. The van der Waals surface area contributed by atoms with E-state index in [0.717, 1.165) is 22.8 Å². The smallest absolute Gasteiger partial charge is 0.119 e. The lowest BCUT2D eigenvalue weighted by molar-refractivity contribution is 0.340. The molecule has 102 valence electrons. The summed E-state index contributed by atoms with van der Waals surface area (Å²) < 4.78 is 5.43. The molecule has 1 aromatic carbocycles. The topological polar surface area (TPSA) is 63.9 Å². The molecule has 0 atom stereocenters. The third kappa shape index (κ3) is 2.96. The molecule has 1 heterocycles. The molecule has 2 rings (SSSR count). The largest absolute Gasteiger partial charge is 0.494 e. The molecule has 0 aliphatic heterocycles. The van der Waals surface area contributed by atoms with E-state index in [1.54, 1.807) is 0 Å². The van der Waals surface area contributed by atoms with Gasteiger partial charge < -0.3 is 15.5 Å². The van der Waals surface area contributed by atoms with Crippen LogP contribution in [0.1, 0.15) is 26.6 Å². The summed E-state index contributed by atoms with van der Waals surface area (Å²) in [6.07, 6.45) is 1.85. The Bertz CT molecular complexity index is 529. The number of nitrogens with one attached hydrogen (secondary N) is 1. The van der Waals surface area contributed by atoms with Crippen molar-refractivity contribution in [1.29, 1.82) is 0 Å². The summed E-state index contributed by atoms with van der Waals surface area (Å²) in [7, 11) is 0. The first-order valence-corrected chi connectivity index (χ1v) is 6.55. The van der Waals surface area contributed by atoms with Gasteiger partial charge in [-0.25, -0.2) is 4.98 Å². The standard InChI is InChI=1S/C15H21N3O/c1-4-19-12-7-5-11(6-8-12)13-9-17-14(18-13)15(2,3)10-16/h5-9H,4,10,16H2,1-3H3,(H,17,18). The normalized spacial score (nSPS) is 11.6. The molecule has 19 heavy (non-hydrogen) atoms. The van der Waals surface area contributed by atoms with Crippen LogP contribution in [0.15, 0.2) is 30.5 Å². The van der Waals surface area contributed by atoms with Crippen molar-refractivity contribution < 1.29 is 4.74 Å². The SMILES string of the molecule is CCOc1ccc(-c2cnc(C(C)(C)CN)[nH]2)cc1. The molecule has 0 amide bonds. The minimum atomic E-state index is -0.135. The zero-order valence-electron chi connectivity index (χ0n) is 11.7. The number of rotatable bonds is 5. The van der Waals surface area contributed by atoms with Crippen LogP contribution >= 0.6 is 0 Å². The van der Waals surface area contributed by atoms with Gasteiger partial charge in [-0.3, -0.25) is 0 Å². The molecule has 0 aliphatic carbocycles. The summed E-state index contributed by atoms with van der Waals surface area (Å²) in [5.74, 6) is 1.80. The highest BCUT2D eigenvalue weighted by Crippen LogP contribution is 2.24. The van der Waals surface area contributed by atoms with Gasteiger partial charge >= 0.3 is 0 Å². The van der Waals surface area contributed by atoms with Crippen molar-refractivity contribution in [2.45, 2.75) is 26.2 Å². The van der Waals surface area contributed by atoms with Crippen LogP contribution in [0.2, 0.25) is 0 Å². The molecule has 0 spiro atoms. The number of aromatic amines is 1. The second-order valence-electron chi connectivity index (χ2n) is 5.19. The van der Waals surface area contributed by atoms with E-state index in [0.29, 0.717) is 13.2 Å². The Kier molecular flexibility index (Phi) is 3.90. The molecule has 2 aromatic rings. The first-order chi connectivity index (χ1) is 9.06. The average molecular weight is 259 g/mol. The number of benzene rings is 1. The molecule has 0 saturated carbocycles. The van der Waals surface area contributed by atoms with Crippen molar-refractivity contribution in [1.82, 2.24) is 9.97 Å². The maximum atomic E-state index is 5.76. The number of aromatic nitrogens is 2. The fraction of sp³-hybridized carbons (Fsp3) is 0.400. The molecule has 3 N–H and O–H groups in total. The van der Waals surface area contributed by atoms with Crippen LogP contribution in [-0.2, 0) is 5.41 Å². The van der Waals surface area contributed by atoms with E-state index in [1.807, 2.05) is 37.4 Å². The minimum absolute atomic E-state index is 0.135. The lowest BCUT2D eigenvalue weighted by Crippen LogP contribution is -2.29. The number of hydrogen-bond donors (Lipinski definition) is 2. The van der Waals surface area contributed by atoms with E-state index in [2.05, 4.69) is 23.8 Å². The highest BCUT2D eigenvalue weighted by Gasteiger charge is 2.22. The molecule has 0 aliphatic rings. The fourth-order valence-electron chi connectivity index (χ4n) is 1.81. The first-order valence-electron chi connectivity index (χ1n) is 6.55. The van der Waals surface area contributed by atoms with E-state index < -0.39 is 0 Å². The summed E-state index contributed by atoms with van der Waals surface area (Å²) in [6, 6.07) is 7.98. The fourth-order valence-corrected chi connectivity index (χ4v) is 1.81. The number of imidazole rings is 1. The van der Waals surface area contributed by atoms with Crippen molar-refractivity contribution in [2.75, 3.05) is 13.2 Å². The summed E-state index contributed by atoms with van der Waals surface area (Å²) in [5, 5.41) is 0. The Morgan fingerprint density at radius 1 is 1.26 bits per heavy atom. The van der Waals surface area contributed by atoms with Crippen LogP contribution in [0.4, 0.5) is 0 Å². The zero-order valence-corrected chi connectivity index (χ0v) is 11.7. The summed E-state index contributed by atoms with van der Waals surface area (Å²) in [4.78, 5) is 7.77. The Morgan fingerprint density at radius 3 is 2.53 bits per heavy atom. The van der Waals surface area contributed by atoms with Gasteiger partial charge in [0.15, 0.2) is 0 Å². The predicted molar refractivity (Wildman–Crippen MR) is 77.3 cm³/mol. The maximum absolute atomic E-state index is 5.76. The highest BCUT2D eigenvalue weighted by atomic mass is 16.5. The van der Waals surface area contributed by atoms with Crippen molar-refractivity contribution in [2.24, 2.45) is 5.73 Å². The Balaban J connectivity index is 2.23. The lowest BCUT2D eigenvalue weighted by atomic mass is 9.93. The third-order valence-electron chi connectivity index (χ3n) is 3.20. The number of hydrogen-bond acceptors (Lipinski definition) is 3. The monoisotopic (exact) mass is 259 g/mol. The van der Waals surface area contributed by atoms with Gasteiger partial charge in [0.2, 0.25) is 0 Å². The lowest BCUT2D eigenvalue weighted by Gasteiger charge is -2.18. The molecule has 0 fully saturated rings. The molecule has 0 unspecified atom stereocenters. The van der Waals surface area contributed by atoms with Crippen LogP contribution in [-0.4, -0.2) is 23.1 Å². The van der Waals surface area contributed by atoms with Gasteiger partial charge in [0.05, 0.1) is 18.5 Å². The molecule has 0 saturated heterocycles. The predicted octanol–water partition coefficient (Wildman–Crippen LogP) is 2.71. The van der Waals surface area contributed by atoms with Crippen molar-refractivity contribution in [3.63, 3.8) is 0 Å². The third-order valence-corrected chi connectivity index (χ3v) is 3.20. The van der Waals surface area contributed by atoms with Gasteiger partial charge in [-0.2, -0.15) is 0 Å². The number of H-pyrrole nitrogens is 1. The van der Waals surface area contributed by atoms with Gasteiger partial charge in [-0.05, 0) is 36.8 Å². The van der Waals surface area contributed by atoms with E-state index >= 15 is 0 Å². The molecular weight excluding hydrogens is 238 g/mol. The number of nitrogens with zero attached hydrogens (tertiary/aromatic N) is 1. The molecule has 1 aromatic heterocycles. The number of nitrogens with two attached hydrogens (primary N) is 1. The number of ether oxygens (including phenoxy) is 1. The zero-order chi connectivity index (χ0) is 13.9. The molecule has 4 heteroatoms. The molecule has 0 radical (unpaired) electrons. The van der Waals surface area contributed by atoms with E-state index in [4.69, 9.17) is 10.5 Å². The van der Waals surface area contributed by atoms with Gasteiger partial charge in [-0.1, -0.05) is 13.8 Å². The van der Waals surface area contributed by atoms with Crippen LogP contribution in [0.25, 0.3) is 11.3 Å². The minimum Gasteiger partial charge on any atom is -0.494 e. The quantitative estimate of drug-likeness (QED) is 0.867. The van der Waals surface area contributed by atoms with Crippen LogP contribution in [0.3, 0.4) is 0 Å². The summed E-state index contributed by atoms with van der Waals surface area (Å²) in [5.41, 5.74) is 7.72. The maximum Gasteiger partial charge on any atom is 0.119 e. The molecule has 0 bridgehead atoms. The van der Waals surface area contributed by atoms with E-state index in [-0.39, 0.29) is 5.41 Å². The summed E-state index contributed by atoms with van der Waals surface area (Å²) >= 11 is 0. The van der Waals surface area contributed by atoms with E-state index in [9.17, 15) is 0 Å². The van der Waals surface area contributed by atoms with Crippen LogP contribution in [0, 0.1) is 0 Å². The second kappa shape index (κ2) is 5.45.